The van der Waals surface area contributed by atoms with Gasteiger partial charge in [-0.15, -0.1) is 0 Å². The topological polar surface area (TPSA) is 68.8 Å². The van der Waals surface area contributed by atoms with Gasteiger partial charge in [-0.1, -0.05) is 30.3 Å². The monoisotopic (exact) mass is 456 g/mol. The van der Waals surface area contributed by atoms with Gasteiger partial charge >= 0.3 is 0 Å². The van der Waals surface area contributed by atoms with E-state index in [2.05, 4.69) is 16.7 Å². The normalized spacial score (nSPS) is 21.1. The number of rotatable bonds is 5. The number of Topliss-reactive ketones (excluding diaryl/α,β-unsaturated/α-hetero) is 1. The number of hydrogen-bond acceptors (Lipinski definition) is 6. The van der Waals surface area contributed by atoms with Crippen molar-refractivity contribution in [3.63, 3.8) is 0 Å². The summed E-state index contributed by atoms with van der Waals surface area (Å²) in [6.45, 7) is 0. The summed E-state index contributed by atoms with van der Waals surface area (Å²) in [5.74, 6) is 1.96. The second-order valence-corrected chi connectivity index (χ2v) is 8.55. The standard InChI is InChI=1S/C28H28N2O4/c1-32-19-10-8-17(9-11-19)18-14-24-27(25(31)15-18)28(30-23-7-5-4-6-22(23)29-24)21-13-12-20(33-2)16-26(21)34-3/h4-14,16,18,27-30H,15H2,1-3H3. The number of ether oxygens (including phenoxy) is 3. The summed E-state index contributed by atoms with van der Waals surface area (Å²) in [4.78, 5) is 13.7. The zero-order valence-electron chi connectivity index (χ0n) is 19.5. The molecule has 3 unspecified atom stereocenters. The Morgan fingerprint density at radius 1 is 0.824 bits per heavy atom. The van der Waals surface area contributed by atoms with Crippen molar-refractivity contribution in [2.45, 2.75) is 18.4 Å². The van der Waals surface area contributed by atoms with Gasteiger partial charge in [-0.3, -0.25) is 4.79 Å². The molecule has 0 spiro atoms. The zero-order valence-corrected chi connectivity index (χ0v) is 19.5. The quantitative estimate of drug-likeness (QED) is 0.525. The maximum Gasteiger partial charge on any atom is 0.145 e. The molecule has 1 heterocycles. The van der Waals surface area contributed by atoms with Gasteiger partial charge in [0.25, 0.3) is 0 Å². The van der Waals surface area contributed by atoms with Gasteiger partial charge in [0.1, 0.15) is 23.0 Å². The van der Waals surface area contributed by atoms with Crippen LogP contribution in [0.25, 0.3) is 0 Å². The van der Waals surface area contributed by atoms with Crippen LogP contribution in [0.15, 0.2) is 78.5 Å². The van der Waals surface area contributed by atoms with E-state index in [0.29, 0.717) is 17.9 Å². The largest absolute Gasteiger partial charge is 0.497 e. The van der Waals surface area contributed by atoms with Gasteiger partial charge in [0.15, 0.2) is 0 Å². The van der Waals surface area contributed by atoms with Crippen LogP contribution in [0.5, 0.6) is 17.2 Å². The second kappa shape index (κ2) is 9.14. The van der Waals surface area contributed by atoms with Crippen molar-refractivity contribution in [2.24, 2.45) is 5.92 Å². The van der Waals surface area contributed by atoms with Crippen molar-refractivity contribution in [1.82, 2.24) is 0 Å². The van der Waals surface area contributed by atoms with Gasteiger partial charge in [-0.2, -0.15) is 0 Å². The van der Waals surface area contributed by atoms with E-state index in [4.69, 9.17) is 14.2 Å². The van der Waals surface area contributed by atoms with Gasteiger partial charge in [-0.25, -0.2) is 0 Å². The molecule has 2 aliphatic rings. The van der Waals surface area contributed by atoms with E-state index in [1.807, 2.05) is 66.7 Å². The van der Waals surface area contributed by atoms with Crippen molar-refractivity contribution in [2.75, 3.05) is 32.0 Å². The fourth-order valence-electron chi connectivity index (χ4n) is 4.90. The Morgan fingerprint density at radius 2 is 1.53 bits per heavy atom. The molecule has 0 saturated carbocycles. The van der Waals surface area contributed by atoms with Crippen molar-refractivity contribution in [3.05, 3.63) is 89.6 Å². The third-order valence-electron chi connectivity index (χ3n) is 6.65. The molecular formula is C28H28N2O4. The number of para-hydroxylation sites is 2. The van der Waals surface area contributed by atoms with E-state index in [1.54, 1.807) is 21.3 Å². The predicted octanol–water partition coefficient (Wildman–Crippen LogP) is 5.55. The highest BCUT2D eigenvalue weighted by Crippen LogP contribution is 2.46. The number of allylic oxidation sites excluding steroid dienone is 1. The van der Waals surface area contributed by atoms with Crippen molar-refractivity contribution >= 4 is 17.2 Å². The Labute approximate surface area is 199 Å². The molecule has 0 fully saturated rings. The van der Waals surface area contributed by atoms with Gasteiger partial charge in [0.2, 0.25) is 0 Å². The fraction of sp³-hybridized carbons (Fsp3) is 0.250. The average Bonchev–Trinajstić information content (AvgIpc) is 3.05. The Balaban J connectivity index is 1.61. The maximum atomic E-state index is 13.7. The number of carbonyl (C=O) groups excluding carboxylic acids is 1. The smallest absolute Gasteiger partial charge is 0.145 e. The van der Waals surface area contributed by atoms with Crippen LogP contribution in [0, 0.1) is 5.92 Å². The third kappa shape index (κ3) is 3.96. The van der Waals surface area contributed by atoms with Crippen LogP contribution in [0.2, 0.25) is 0 Å². The van der Waals surface area contributed by atoms with Gasteiger partial charge in [-0.05, 0) is 42.0 Å². The third-order valence-corrected chi connectivity index (χ3v) is 6.65. The van der Waals surface area contributed by atoms with Gasteiger partial charge in [0.05, 0.1) is 44.7 Å². The lowest BCUT2D eigenvalue weighted by Gasteiger charge is -2.33. The molecule has 3 atom stereocenters. The predicted molar refractivity (Wildman–Crippen MR) is 133 cm³/mol. The van der Waals surface area contributed by atoms with Crippen LogP contribution in [0.4, 0.5) is 11.4 Å². The zero-order chi connectivity index (χ0) is 23.7. The number of methoxy groups -OCH3 is 3. The molecule has 3 aromatic rings. The molecule has 1 aliphatic carbocycles. The summed E-state index contributed by atoms with van der Waals surface area (Å²) in [5, 5.41) is 7.19. The number of anilines is 2. The van der Waals surface area contributed by atoms with Crippen LogP contribution in [-0.4, -0.2) is 27.1 Å². The first-order valence-corrected chi connectivity index (χ1v) is 11.3. The number of hydrogen-bond donors (Lipinski definition) is 2. The van der Waals surface area contributed by atoms with Gasteiger partial charge in [0, 0.05) is 29.7 Å². The van der Waals surface area contributed by atoms with Crippen LogP contribution < -0.4 is 24.8 Å². The Kier molecular flexibility index (Phi) is 5.88. The number of fused-ring (bicyclic) bond motifs is 2. The van der Waals surface area contributed by atoms with Crippen molar-refractivity contribution in [1.29, 1.82) is 0 Å². The van der Waals surface area contributed by atoms with E-state index < -0.39 is 0 Å². The maximum absolute atomic E-state index is 13.7. The van der Waals surface area contributed by atoms with Gasteiger partial charge < -0.3 is 24.8 Å². The summed E-state index contributed by atoms with van der Waals surface area (Å²) in [6, 6.07) is 21.4. The molecular weight excluding hydrogens is 428 g/mol. The summed E-state index contributed by atoms with van der Waals surface area (Å²) in [6.07, 6.45) is 2.62. The first kappa shape index (κ1) is 21.9. The summed E-state index contributed by atoms with van der Waals surface area (Å²) < 4.78 is 16.4. The van der Waals surface area contributed by atoms with Crippen molar-refractivity contribution < 1.29 is 19.0 Å². The molecule has 174 valence electrons. The minimum atomic E-state index is -0.385. The summed E-state index contributed by atoms with van der Waals surface area (Å²) in [7, 11) is 4.92. The molecule has 2 N–H and O–H groups in total. The van der Waals surface area contributed by atoms with Crippen molar-refractivity contribution in [3.8, 4) is 17.2 Å². The first-order valence-electron chi connectivity index (χ1n) is 11.3. The fourth-order valence-corrected chi connectivity index (χ4v) is 4.90. The second-order valence-electron chi connectivity index (χ2n) is 8.55. The van der Waals surface area contributed by atoms with Crippen LogP contribution in [-0.2, 0) is 4.79 Å². The summed E-state index contributed by atoms with van der Waals surface area (Å²) >= 11 is 0. The highest BCUT2D eigenvalue weighted by atomic mass is 16.5. The molecule has 5 rings (SSSR count). The lowest BCUT2D eigenvalue weighted by atomic mass is 9.76. The first-order chi connectivity index (χ1) is 16.6. The molecule has 34 heavy (non-hydrogen) atoms. The Bertz CT molecular complexity index is 1240. The SMILES string of the molecule is COc1ccc(C2C=C3Nc4ccccc4NC(c4ccc(OC)cc4OC)C3C(=O)C2)cc1. The lowest BCUT2D eigenvalue weighted by Crippen LogP contribution is -2.34. The van der Waals surface area contributed by atoms with E-state index >= 15 is 0 Å². The minimum Gasteiger partial charge on any atom is -0.497 e. The molecule has 0 saturated heterocycles. The van der Waals surface area contributed by atoms with Crippen LogP contribution in [0.1, 0.15) is 29.5 Å². The Morgan fingerprint density at radius 3 is 2.24 bits per heavy atom. The number of nitrogens with one attached hydrogen (secondary N) is 2. The van der Waals surface area contributed by atoms with E-state index in [9.17, 15) is 4.79 Å². The molecule has 0 aromatic heterocycles. The highest BCUT2D eigenvalue weighted by Gasteiger charge is 2.40. The molecule has 6 heteroatoms. The van der Waals surface area contributed by atoms with E-state index in [0.717, 1.165) is 33.9 Å². The molecule has 0 amide bonds. The minimum absolute atomic E-state index is 0.0131. The number of carbonyl (C=O) groups is 1. The number of ketones is 1. The average molecular weight is 457 g/mol. The van der Waals surface area contributed by atoms with E-state index in [1.165, 1.54) is 0 Å². The van der Waals surface area contributed by atoms with Crippen LogP contribution in [0.3, 0.4) is 0 Å². The molecule has 3 aromatic carbocycles. The summed E-state index contributed by atoms with van der Waals surface area (Å²) in [5.41, 5.74) is 4.78. The molecule has 1 aliphatic heterocycles. The lowest BCUT2D eigenvalue weighted by molar-refractivity contribution is -0.122. The highest BCUT2D eigenvalue weighted by molar-refractivity contribution is 5.90. The molecule has 0 bridgehead atoms. The van der Waals surface area contributed by atoms with E-state index in [-0.39, 0.29) is 23.7 Å². The molecule has 0 radical (unpaired) electrons. The number of benzene rings is 3. The van der Waals surface area contributed by atoms with Crippen LogP contribution >= 0.6 is 0 Å². The Hall–Kier alpha value is -3.93. The molecule has 6 nitrogen and oxygen atoms in total.